The van der Waals surface area contributed by atoms with E-state index in [0.717, 1.165) is 12.8 Å². The topological polar surface area (TPSA) is 142 Å². The van der Waals surface area contributed by atoms with Crippen LogP contribution in [0.25, 0.3) is 5.65 Å². The van der Waals surface area contributed by atoms with Crippen LogP contribution in [0.3, 0.4) is 0 Å². The van der Waals surface area contributed by atoms with Crippen LogP contribution in [0.1, 0.15) is 55.5 Å². The number of rotatable bonds is 7. The van der Waals surface area contributed by atoms with Gasteiger partial charge in [-0.1, -0.05) is 0 Å². The molecular weight excluding hydrogens is 500 g/mol. The molecule has 0 bridgehead atoms. The quantitative estimate of drug-likeness (QED) is 0.396. The number of carbonyl (C=O) groups excluding carboxylic acids is 1. The van der Waals surface area contributed by atoms with Gasteiger partial charge >= 0.3 is 12.5 Å². The fraction of sp³-hybridized carbons (Fsp3) is 0.500. The molecule has 1 amide bonds. The van der Waals surface area contributed by atoms with Gasteiger partial charge in [-0.15, -0.1) is 13.2 Å². The molecule has 0 aromatic carbocycles. The van der Waals surface area contributed by atoms with Crippen LogP contribution in [-0.2, 0) is 16.1 Å². The Morgan fingerprint density at radius 3 is 2.86 bits per heavy atom. The Labute approximate surface area is 207 Å². The van der Waals surface area contributed by atoms with Crippen molar-refractivity contribution in [1.29, 1.82) is 5.26 Å². The number of aromatic nitrogens is 5. The highest BCUT2D eigenvalue weighted by atomic mass is 19.4. The Bertz CT molecular complexity index is 1360. The fourth-order valence-corrected chi connectivity index (χ4v) is 4.23. The van der Waals surface area contributed by atoms with Gasteiger partial charge in [0.1, 0.15) is 23.9 Å². The Kier molecular flexibility index (Phi) is 6.14. The number of anilines is 2. The van der Waals surface area contributed by atoms with Crippen molar-refractivity contribution in [3.8, 4) is 6.07 Å². The third-order valence-corrected chi connectivity index (χ3v) is 6.45. The maximum Gasteiger partial charge on any atom is 0.522 e. The Hall–Kier alpha value is -3.93. The van der Waals surface area contributed by atoms with Crippen molar-refractivity contribution >= 4 is 23.5 Å². The first-order valence-electron chi connectivity index (χ1n) is 11.5. The summed E-state index contributed by atoms with van der Waals surface area (Å²) in [4.78, 5) is 20.2. The highest BCUT2D eigenvalue weighted by Crippen LogP contribution is 2.39. The second-order valence-electron chi connectivity index (χ2n) is 9.36. The summed E-state index contributed by atoms with van der Waals surface area (Å²) in [5.74, 6) is -0.204. The zero-order valence-corrected chi connectivity index (χ0v) is 19.5. The number of aromatic amines is 1. The number of halogens is 4. The van der Waals surface area contributed by atoms with Crippen molar-refractivity contribution < 1.29 is 31.8 Å². The SMILES string of the molecule is CC1(NC(=O)O[C@@H]2CC[C@H](c3cc(Nc4ncc(C#N)c5nc(COC(F)(F)F)cn45)n[nH]3)[C@@H]2F)CC1. The minimum absolute atomic E-state index is 0.0449. The number of hydrogen-bond donors (Lipinski definition) is 3. The highest BCUT2D eigenvalue weighted by Gasteiger charge is 2.43. The smallest absolute Gasteiger partial charge is 0.443 e. The van der Waals surface area contributed by atoms with Crippen LogP contribution >= 0.6 is 0 Å². The lowest BCUT2D eigenvalue weighted by Gasteiger charge is -2.19. The summed E-state index contributed by atoms with van der Waals surface area (Å²) in [7, 11) is 0. The van der Waals surface area contributed by atoms with Crippen molar-refractivity contribution in [1.82, 2.24) is 29.9 Å². The molecule has 0 unspecified atom stereocenters. The number of carbonyl (C=O) groups is 1. The van der Waals surface area contributed by atoms with E-state index in [4.69, 9.17) is 4.74 Å². The predicted octanol–water partition coefficient (Wildman–Crippen LogP) is 3.97. The first-order valence-corrected chi connectivity index (χ1v) is 11.5. The van der Waals surface area contributed by atoms with E-state index < -0.39 is 37.3 Å². The minimum atomic E-state index is -4.84. The Balaban J connectivity index is 1.28. The number of nitrogens with zero attached hydrogens (tertiary/aromatic N) is 5. The summed E-state index contributed by atoms with van der Waals surface area (Å²) in [5, 5.41) is 21.8. The van der Waals surface area contributed by atoms with Crippen LogP contribution in [0.2, 0.25) is 0 Å². The number of fused-ring (bicyclic) bond motifs is 1. The van der Waals surface area contributed by atoms with Crippen molar-refractivity contribution in [2.75, 3.05) is 5.32 Å². The number of nitrogens with one attached hydrogen (secondary N) is 3. The molecule has 15 heteroatoms. The predicted molar refractivity (Wildman–Crippen MR) is 118 cm³/mol. The zero-order chi connectivity index (χ0) is 26.4. The number of amides is 1. The third kappa shape index (κ3) is 5.43. The summed E-state index contributed by atoms with van der Waals surface area (Å²) < 4.78 is 62.8. The molecule has 3 atom stereocenters. The van der Waals surface area contributed by atoms with Gasteiger partial charge in [0.25, 0.3) is 0 Å². The Morgan fingerprint density at radius 2 is 2.16 bits per heavy atom. The van der Waals surface area contributed by atoms with Crippen LogP contribution in [-0.4, -0.2) is 54.8 Å². The lowest BCUT2D eigenvalue weighted by Crippen LogP contribution is -2.38. The monoisotopic (exact) mass is 522 g/mol. The molecule has 5 rings (SSSR count). The molecular formula is C22H22F4N8O3. The molecule has 2 fully saturated rings. The van der Waals surface area contributed by atoms with Crippen LogP contribution in [0.4, 0.5) is 34.1 Å². The van der Waals surface area contributed by atoms with Crippen LogP contribution in [0.5, 0.6) is 0 Å². The summed E-state index contributed by atoms with van der Waals surface area (Å²) in [6.07, 6.45) is -2.79. The van der Waals surface area contributed by atoms with E-state index in [0.29, 0.717) is 18.5 Å². The van der Waals surface area contributed by atoms with Crippen molar-refractivity contribution in [3.05, 3.63) is 35.4 Å². The molecule has 37 heavy (non-hydrogen) atoms. The molecule has 2 aliphatic carbocycles. The zero-order valence-electron chi connectivity index (χ0n) is 19.5. The molecule has 0 aliphatic heterocycles. The molecule has 3 N–H and O–H groups in total. The van der Waals surface area contributed by atoms with Crippen molar-refractivity contribution in [2.24, 2.45) is 0 Å². The number of H-pyrrole nitrogens is 1. The Morgan fingerprint density at radius 1 is 1.38 bits per heavy atom. The highest BCUT2D eigenvalue weighted by molar-refractivity contribution is 5.69. The van der Waals surface area contributed by atoms with Gasteiger partial charge in [0.2, 0.25) is 5.95 Å². The molecule has 0 saturated heterocycles. The molecule has 11 nitrogen and oxygen atoms in total. The summed E-state index contributed by atoms with van der Waals surface area (Å²) in [6, 6.07) is 3.46. The molecule has 196 valence electrons. The average molecular weight is 522 g/mol. The number of alkyl carbamates (subject to hydrolysis) is 1. The maximum atomic E-state index is 15.1. The molecule has 3 aromatic heterocycles. The second-order valence-corrected chi connectivity index (χ2v) is 9.36. The number of imidazole rings is 1. The van der Waals surface area contributed by atoms with Gasteiger partial charge in [-0.2, -0.15) is 10.4 Å². The number of alkyl halides is 4. The van der Waals surface area contributed by atoms with Crippen molar-refractivity contribution in [2.45, 2.75) is 69.3 Å². The van der Waals surface area contributed by atoms with Gasteiger partial charge in [0.15, 0.2) is 11.5 Å². The normalized spacial score (nSPS) is 22.5. The third-order valence-electron chi connectivity index (χ3n) is 6.45. The van der Waals surface area contributed by atoms with Gasteiger partial charge in [0.05, 0.1) is 18.5 Å². The largest absolute Gasteiger partial charge is 0.522 e. The van der Waals surface area contributed by atoms with E-state index in [9.17, 15) is 23.2 Å². The van der Waals surface area contributed by atoms with E-state index in [1.165, 1.54) is 16.8 Å². The van der Waals surface area contributed by atoms with Crippen LogP contribution < -0.4 is 10.6 Å². The minimum Gasteiger partial charge on any atom is -0.443 e. The molecule has 0 radical (unpaired) electrons. The van der Waals surface area contributed by atoms with Gasteiger partial charge in [-0.25, -0.2) is 19.2 Å². The fourth-order valence-electron chi connectivity index (χ4n) is 4.23. The molecule has 2 saturated carbocycles. The van der Waals surface area contributed by atoms with E-state index >= 15 is 4.39 Å². The molecule has 3 heterocycles. The molecule has 0 spiro atoms. The lowest BCUT2D eigenvalue weighted by molar-refractivity contribution is -0.330. The van der Waals surface area contributed by atoms with Gasteiger partial charge < -0.3 is 15.4 Å². The lowest BCUT2D eigenvalue weighted by atomic mass is 10.0. The first-order chi connectivity index (χ1) is 17.5. The average Bonchev–Trinajstić information content (AvgIpc) is 3.20. The molecule has 2 aliphatic rings. The molecule has 3 aromatic rings. The second kappa shape index (κ2) is 9.18. The maximum absolute atomic E-state index is 15.1. The van der Waals surface area contributed by atoms with E-state index in [-0.39, 0.29) is 34.2 Å². The van der Waals surface area contributed by atoms with E-state index in [1.54, 1.807) is 6.07 Å². The number of hydrogen-bond acceptors (Lipinski definition) is 8. The van der Waals surface area contributed by atoms with E-state index in [1.807, 2.05) is 13.0 Å². The van der Waals surface area contributed by atoms with Gasteiger partial charge in [-0.3, -0.25) is 14.2 Å². The first kappa shape index (κ1) is 24.8. The summed E-state index contributed by atoms with van der Waals surface area (Å²) in [6.45, 7) is 1.05. The number of nitriles is 1. The van der Waals surface area contributed by atoms with Crippen molar-refractivity contribution in [3.63, 3.8) is 0 Å². The van der Waals surface area contributed by atoms with Gasteiger partial charge in [0, 0.05) is 29.4 Å². The van der Waals surface area contributed by atoms with Gasteiger partial charge in [-0.05, 0) is 32.6 Å². The standard InChI is InChI=1S/C22H22F4N8O3/c1-21(4-5-21)31-20(35)37-15-3-2-13(17(15)23)14-6-16(33-32-14)30-19-28-8-11(7-27)18-29-12(9-34(18)19)10-36-22(24,25)26/h6,8-9,13,15,17H,2-5,10H2,1H3,(H,31,35)(H2,28,30,32,33)/t13-,15-,17+/m1/s1. The summed E-state index contributed by atoms with van der Waals surface area (Å²) >= 11 is 0. The number of ether oxygens (including phenoxy) is 2. The van der Waals surface area contributed by atoms with Crippen LogP contribution in [0.15, 0.2) is 18.5 Å². The van der Waals surface area contributed by atoms with Crippen LogP contribution in [0, 0.1) is 11.3 Å². The van der Waals surface area contributed by atoms with E-state index in [2.05, 4.69) is 35.5 Å². The summed E-state index contributed by atoms with van der Waals surface area (Å²) in [5.41, 5.74) is 0.268.